The Morgan fingerprint density at radius 1 is 1.12 bits per heavy atom. The van der Waals surface area contributed by atoms with Crippen LogP contribution in [0.25, 0.3) is 0 Å². The lowest BCUT2D eigenvalue weighted by atomic mass is 10.1. The summed E-state index contributed by atoms with van der Waals surface area (Å²) in [7, 11) is 0. The lowest BCUT2D eigenvalue weighted by Crippen LogP contribution is -2.01. The van der Waals surface area contributed by atoms with E-state index in [2.05, 4.69) is 0 Å². The molecule has 17 heavy (non-hydrogen) atoms. The van der Waals surface area contributed by atoms with Gasteiger partial charge in [0.05, 0.1) is 5.38 Å². The molecule has 0 radical (unpaired) electrons. The Morgan fingerprint density at radius 3 is 2.41 bits per heavy atom. The molecule has 1 aromatic heterocycles. The molecule has 0 saturated carbocycles. The third-order valence-electron chi connectivity index (χ3n) is 2.58. The van der Waals surface area contributed by atoms with Crippen molar-refractivity contribution in [2.75, 3.05) is 0 Å². The second-order valence-corrected chi connectivity index (χ2v) is 5.66. The first-order valence-corrected chi connectivity index (χ1v) is 6.41. The van der Waals surface area contributed by atoms with Crippen LogP contribution in [-0.2, 0) is 0 Å². The molecule has 1 aromatic carbocycles. The molecule has 4 heteroatoms. The average Bonchev–Trinajstić information content (AvgIpc) is 2.71. The van der Waals surface area contributed by atoms with Crippen LogP contribution in [0.3, 0.4) is 0 Å². The summed E-state index contributed by atoms with van der Waals surface area (Å²) in [5.41, 5.74) is 0.342. The summed E-state index contributed by atoms with van der Waals surface area (Å²) < 4.78 is 27.5. The fourth-order valence-corrected chi connectivity index (χ4v) is 2.91. The van der Waals surface area contributed by atoms with E-state index in [0.717, 1.165) is 9.75 Å². The second-order valence-electron chi connectivity index (χ2n) is 3.90. The monoisotopic (exact) mass is 272 g/mol. The topological polar surface area (TPSA) is 0 Å². The molecule has 0 N–H and O–H groups in total. The molecule has 0 bridgehead atoms. The first-order valence-electron chi connectivity index (χ1n) is 5.15. The highest BCUT2D eigenvalue weighted by Crippen LogP contribution is 2.36. The van der Waals surface area contributed by atoms with Gasteiger partial charge >= 0.3 is 0 Å². The van der Waals surface area contributed by atoms with Gasteiger partial charge in [-0.05, 0) is 37.6 Å². The van der Waals surface area contributed by atoms with Gasteiger partial charge in [-0.1, -0.05) is 6.07 Å². The molecule has 2 aromatic rings. The Kier molecular flexibility index (Phi) is 3.50. The lowest BCUT2D eigenvalue weighted by Gasteiger charge is -2.11. The van der Waals surface area contributed by atoms with E-state index in [-0.39, 0.29) is 5.56 Å². The number of hydrogen-bond acceptors (Lipinski definition) is 1. The molecule has 0 aliphatic rings. The smallest absolute Gasteiger partial charge is 0.134 e. The highest BCUT2D eigenvalue weighted by molar-refractivity contribution is 7.12. The number of benzene rings is 1. The number of alkyl halides is 1. The van der Waals surface area contributed by atoms with Crippen LogP contribution >= 0.6 is 22.9 Å². The Balaban J connectivity index is 2.50. The zero-order chi connectivity index (χ0) is 12.6. The van der Waals surface area contributed by atoms with Crippen LogP contribution in [0.5, 0.6) is 0 Å². The molecule has 1 unspecified atom stereocenters. The van der Waals surface area contributed by atoms with Crippen LogP contribution in [-0.4, -0.2) is 0 Å². The molecule has 90 valence electrons. The maximum absolute atomic E-state index is 13.9. The number of aryl methyl sites for hydroxylation is 2. The summed E-state index contributed by atoms with van der Waals surface area (Å²) in [6.45, 7) is 3.53. The van der Waals surface area contributed by atoms with Gasteiger partial charge in [-0.25, -0.2) is 8.78 Å². The standard InChI is InChI=1S/C13H11ClF2S/c1-7-3-5-9(15)11(13(7)16)12(14)10-6-4-8(2)17-10/h3-6,12H,1-2H3. The quantitative estimate of drug-likeness (QED) is 0.677. The van der Waals surface area contributed by atoms with E-state index in [4.69, 9.17) is 11.6 Å². The van der Waals surface area contributed by atoms with E-state index in [0.29, 0.717) is 5.56 Å². The Bertz CT molecular complexity index is 548. The minimum atomic E-state index is -0.770. The second kappa shape index (κ2) is 4.75. The van der Waals surface area contributed by atoms with Crippen molar-refractivity contribution in [1.82, 2.24) is 0 Å². The molecular weight excluding hydrogens is 262 g/mol. The summed E-state index contributed by atoms with van der Waals surface area (Å²) >= 11 is 7.61. The summed E-state index contributed by atoms with van der Waals surface area (Å²) in [6, 6.07) is 6.36. The fourth-order valence-electron chi connectivity index (χ4n) is 1.64. The van der Waals surface area contributed by atoms with Crippen molar-refractivity contribution in [3.8, 4) is 0 Å². The minimum absolute atomic E-state index is 0.0616. The Labute approximate surface area is 108 Å². The number of thiophene rings is 1. The average molecular weight is 273 g/mol. The zero-order valence-corrected chi connectivity index (χ0v) is 11.0. The molecule has 1 atom stereocenters. The summed E-state index contributed by atoms with van der Waals surface area (Å²) in [5, 5.41) is -0.770. The van der Waals surface area contributed by atoms with Crippen LogP contribution in [0.1, 0.15) is 26.3 Å². The van der Waals surface area contributed by atoms with Gasteiger partial charge in [-0.2, -0.15) is 0 Å². The molecular formula is C13H11ClF2S. The SMILES string of the molecule is Cc1ccc(C(Cl)c2c(F)ccc(C)c2F)s1. The first kappa shape index (κ1) is 12.5. The van der Waals surface area contributed by atoms with E-state index in [1.54, 1.807) is 13.0 Å². The number of halogens is 3. The number of hydrogen-bond donors (Lipinski definition) is 0. The van der Waals surface area contributed by atoms with Gasteiger partial charge in [0.2, 0.25) is 0 Å². The predicted molar refractivity (Wildman–Crippen MR) is 67.8 cm³/mol. The van der Waals surface area contributed by atoms with Gasteiger partial charge in [0.1, 0.15) is 11.6 Å². The van der Waals surface area contributed by atoms with Crippen molar-refractivity contribution >= 4 is 22.9 Å². The summed E-state index contributed by atoms with van der Waals surface area (Å²) in [6.07, 6.45) is 0. The predicted octanol–water partition coefficient (Wildman–Crippen LogP) is 4.97. The first-order chi connectivity index (χ1) is 8.00. The third kappa shape index (κ3) is 2.35. The van der Waals surface area contributed by atoms with Gasteiger partial charge in [-0.3, -0.25) is 0 Å². The van der Waals surface area contributed by atoms with E-state index in [1.807, 2.05) is 13.0 Å². The van der Waals surface area contributed by atoms with Crippen molar-refractivity contribution in [2.24, 2.45) is 0 Å². The van der Waals surface area contributed by atoms with Crippen LogP contribution in [0.2, 0.25) is 0 Å². The largest absolute Gasteiger partial charge is 0.207 e. The van der Waals surface area contributed by atoms with Gasteiger partial charge in [0.25, 0.3) is 0 Å². The highest BCUT2D eigenvalue weighted by atomic mass is 35.5. The van der Waals surface area contributed by atoms with E-state index < -0.39 is 17.0 Å². The molecule has 0 spiro atoms. The molecule has 2 rings (SSSR count). The molecule has 1 heterocycles. The Morgan fingerprint density at radius 2 is 1.82 bits per heavy atom. The minimum Gasteiger partial charge on any atom is -0.207 e. The molecule has 0 nitrogen and oxygen atoms in total. The summed E-state index contributed by atoms with van der Waals surface area (Å²) in [5.74, 6) is -1.16. The van der Waals surface area contributed by atoms with Crippen molar-refractivity contribution in [2.45, 2.75) is 19.2 Å². The number of rotatable bonds is 2. The van der Waals surface area contributed by atoms with Crippen molar-refractivity contribution in [3.63, 3.8) is 0 Å². The normalized spacial score (nSPS) is 12.8. The highest BCUT2D eigenvalue weighted by Gasteiger charge is 2.22. The van der Waals surface area contributed by atoms with Crippen molar-refractivity contribution < 1.29 is 8.78 Å². The van der Waals surface area contributed by atoms with Crippen LogP contribution in [0, 0.1) is 25.5 Å². The van der Waals surface area contributed by atoms with Gasteiger partial charge in [-0.15, -0.1) is 22.9 Å². The molecule has 0 saturated heterocycles. The van der Waals surface area contributed by atoms with Gasteiger partial charge in [0.15, 0.2) is 0 Å². The van der Waals surface area contributed by atoms with Crippen molar-refractivity contribution in [1.29, 1.82) is 0 Å². The Hall–Kier alpha value is -0.930. The molecule has 0 amide bonds. The molecule has 0 fully saturated rings. The maximum atomic E-state index is 13.9. The van der Waals surface area contributed by atoms with E-state index in [1.165, 1.54) is 23.5 Å². The molecule has 0 aliphatic heterocycles. The van der Waals surface area contributed by atoms with E-state index >= 15 is 0 Å². The lowest BCUT2D eigenvalue weighted by molar-refractivity contribution is 0.554. The van der Waals surface area contributed by atoms with E-state index in [9.17, 15) is 8.78 Å². The van der Waals surface area contributed by atoms with Gasteiger partial charge < -0.3 is 0 Å². The molecule has 0 aliphatic carbocycles. The van der Waals surface area contributed by atoms with Crippen LogP contribution in [0.15, 0.2) is 24.3 Å². The van der Waals surface area contributed by atoms with Crippen LogP contribution in [0.4, 0.5) is 8.78 Å². The van der Waals surface area contributed by atoms with Gasteiger partial charge in [0, 0.05) is 15.3 Å². The zero-order valence-electron chi connectivity index (χ0n) is 9.43. The van der Waals surface area contributed by atoms with Crippen LogP contribution < -0.4 is 0 Å². The fraction of sp³-hybridized carbons (Fsp3) is 0.231. The maximum Gasteiger partial charge on any atom is 0.134 e. The third-order valence-corrected chi connectivity index (χ3v) is 4.23. The van der Waals surface area contributed by atoms with Crippen molar-refractivity contribution in [3.05, 3.63) is 56.8 Å². The summed E-state index contributed by atoms with van der Waals surface area (Å²) in [4.78, 5) is 1.83.